The van der Waals surface area contributed by atoms with Crippen LogP contribution in [0.4, 0.5) is 0 Å². The van der Waals surface area contributed by atoms with Gasteiger partial charge in [-0.2, -0.15) is 5.06 Å². The number of hydrogen-bond donors (Lipinski definition) is 0. The van der Waals surface area contributed by atoms with Gasteiger partial charge in [0, 0.05) is 11.1 Å². The third-order valence-electron chi connectivity index (χ3n) is 4.98. The molecule has 2 heteroatoms. The molecule has 0 aromatic rings. The van der Waals surface area contributed by atoms with Crippen molar-refractivity contribution >= 4 is 0 Å². The minimum atomic E-state index is 0.0506. The quantitative estimate of drug-likeness (QED) is 0.574. The highest BCUT2D eigenvalue weighted by molar-refractivity contribution is 4.93. The summed E-state index contributed by atoms with van der Waals surface area (Å²) < 4.78 is 0. The highest BCUT2D eigenvalue weighted by atomic mass is 16.7. The molecule has 110 valence electrons. The van der Waals surface area contributed by atoms with Crippen molar-refractivity contribution in [1.29, 1.82) is 0 Å². The lowest BCUT2D eigenvalue weighted by Gasteiger charge is -2.51. The van der Waals surface area contributed by atoms with E-state index in [0.29, 0.717) is 11.8 Å². The number of hydroxylamine groups is 2. The third kappa shape index (κ3) is 3.71. The first-order valence-electron chi connectivity index (χ1n) is 7.50. The summed E-state index contributed by atoms with van der Waals surface area (Å²) in [6.07, 6.45) is 3.64. The van der Waals surface area contributed by atoms with Gasteiger partial charge in [0.15, 0.2) is 0 Å². The van der Waals surface area contributed by atoms with E-state index in [-0.39, 0.29) is 11.1 Å². The Kier molecular flexibility index (Phi) is 6.87. The van der Waals surface area contributed by atoms with Crippen molar-refractivity contribution in [3.63, 3.8) is 0 Å². The summed E-state index contributed by atoms with van der Waals surface area (Å²) in [5.74, 6) is 1.22. The molecule has 0 saturated heterocycles. The minimum Gasteiger partial charge on any atom is -0.301 e. The molecular formula is C16H35NO. The second-order valence-corrected chi connectivity index (χ2v) is 6.78. The molecule has 0 rings (SSSR count). The lowest BCUT2D eigenvalue weighted by atomic mass is 9.78. The van der Waals surface area contributed by atoms with Crippen LogP contribution in [0.2, 0.25) is 0 Å². The van der Waals surface area contributed by atoms with Crippen LogP contribution in [0.1, 0.15) is 74.7 Å². The zero-order valence-electron chi connectivity index (χ0n) is 14.1. The van der Waals surface area contributed by atoms with Gasteiger partial charge in [-0.15, -0.1) is 0 Å². The predicted octanol–water partition coefficient (Wildman–Crippen LogP) is 4.89. The second-order valence-electron chi connectivity index (χ2n) is 6.78. The largest absolute Gasteiger partial charge is 0.301 e. The van der Waals surface area contributed by atoms with Crippen molar-refractivity contribution in [3.8, 4) is 0 Å². The number of rotatable bonds is 8. The summed E-state index contributed by atoms with van der Waals surface area (Å²) in [6.45, 7) is 18.4. The Morgan fingerprint density at radius 2 is 1.39 bits per heavy atom. The SMILES string of the molecule is CCCC(C)C(C)(C)N(OC)C(C)(C)C(C)CC. The zero-order chi connectivity index (χ0) is 14.6. The Bertz CT molecular complexity index is 235. The molecule has 0 aromatic carbocycles. The maximum absolute atomic E-state index is 5.80. The van der Waals surface area contributed by atoms with E-state index in [1.54, 1.807) is 0 Å². The Hall–Kier alpha value is -0.0800. The topological polar surface area (TPSA) is 12.5 Å². The van der Waals surface area contributed by atoms with Gasteiger partial charge in [-0.3, -0.25) is 0 Å². The summed E-state index contributed by atoms with van der Waals surface area (Å²) in [5.41, 5.74) is 0.104. The van der Waals surface area contributed by atoms with E-state index < -0.39 is 0 Å². The first kappa shape index (κ1) is 17.9. The molecule has 2 atom stereocenters. The van der Waals surface area contributed by atoms with Crippen molar-refractivity contribution in [3.05, 3.63) is 0 Å². The van der Waals surface area contributed by atoms with Crippen LogP contribution in [0.15, 0.2) is 0 Å². The summed E-state index contributed by atoms with van der Waals surface area (Å²) >= 11 is 0. The van der Waals surface area contributed by atoms with Crippen molar-refractivity contribution in [2.24, 2.45) is 11.8 Å². The highest BCUT2D eigenvalue weighted by Gasteiger charge is 2.43. The van der Waals surface area contributed by atoms with Crippen LogP contribution in [-0.4, -0.2) is 23.3 Å². The van der Waals surface area contributed by atoms with Gasteiger partial charge >= 0.3 is 0 Å². The van der Waals surface area contributed by atoms with Gasteiger partial charge in [0.1, 0.15) is 0 Å². The molecule has 18 heavy (non-hydrogen) atoms. The molecule has 0 bridgehead atoms. The van der Waals surface area contributed by atoms with Gasteiger partial charge in [-0.1, -0.05) is 40.5 Å². The average molecular weight is 257 g/mol. The molecule has 0 aromatic heterocycles. The van der Waals surface area contributed by atoms with Crippen LogP contribution in [0.5, 0.6) is 0 Å². The standard InChI is InChI=1S/C16H35NO/c1-10-12-14(4)16(7,8)17(18-9)15(5,6)13(3)11-2/h13-14H,10-12H2,1-9H3. The summed E-state index contributed by atoms with van der Waals surface area (Å²) in [7, 11) is 1.81. The van der Waals surface area contributed by atoms with Crippen LogP contribution in [0, 0.1) is 11.8 Å². The van der Waals surface area contributed by atoms with E-state index in [1.807, 2.05) is 7.11 Å². The van der Waals surface area contributed by atoms with Crippen molar-refractivity contribution in [1.82, 2.24) is 5.06 Å². The Balaban J connectivity index is 5.17. The first-order chi connectivity index (χ1) is 8.16. The molecule has 0 aliphatic heterocycles. The van der Waals surface area contributed by atoms with E-state index in [0.717, 1.165) is 0 Å². The lowest BCUT2D eigenvalue weighted by Crippen LogP contribution is -2.60. The van der Waals surface area contributed by atoms with Crippen LogP contribution in [-0.2, 0) is 4.84 Å². The third-order valence-corrected chi connectivity index (χ3v) is 4.98. The molecule has 0 amide bonds. The fourth-order valence-corrected chi connectivity index (χ4v) is 2.90. The molecule has 0 saturated carbocycles. The molecule has 0 heterocycles. The lowest BCUT2D eigenvalue weighted by molar-refractivity contribution is -0.270. The van der Waals surface area contributed by atoms with Crippen LogP contribution >= 0.6 is 0 Å². The minimum absolute atomic E-state index is 0.0506. The van der Waals surface area contributed by atoms with Gasteiger partial charge in [0.05, 0.1) is 7.11 Å². The second kappa shape index (κ2) is 6.91. The maximum atomic E-state index is 5.80. The smallest absolute Gasteiger partial charge is 0.0575 e. The van der Waals surface area contributed by atoms with Crippen molar-refractivity contribution < 1.29 is 4.84 Å². The zero-order valence-corrected chi connectivity index (χ0v) is 14.1. The molecule has 2 nitrogen and oxygen atoms in total. The number of nitrogens with zero attached hydrogens (tertiary/aromatic N) is 1. The fourth-order valence-electron chi connectivity index (χ4n) is 2.90. The molecule has 0 radical (unpaired) electrons. The molecular weight excluding hydrogens is 222 g/mol. The van der Waals surface area contributed by atoms with Gasteiger partial charge in [-0.05, 0) is 46.0 Å². The Morgan fingerprint density at radius 1 is 0.944 bits per heavy atom. The first-order valence-corrected chi connectivity index (χ1v) is 7.50. The average Bonchev–Trinajstić information content (AvgIpc) is 2.28. The van der Waals surface area contributed by atoms with Crippen LogP contribution in [0.3, 0.4) is 0 Å². The van der Waals surface area contributed by atoms with Crippen LogP contribution in [0.25, 0.3) is 0 Å². The van der Waals surface area contributed by atoms with Gasteiger partial charge in [0.2, 0.25) is 0 Å². The molecule has 2 unspecified atom stereocenters. The van der Waals surface area contributed by atoms with E-state index in [2.05, 4.69) is 60.5 Å². The highest BCUT2D eigenvalue weighted by Crippen LogP contribution is 2.37. The van der Waals surface area contributed by atoms with Gasteiger partial charge in [-0.25, -0.2) is 0 Å². The maximum Gasteiger partial charge on any atom is 0.0575 e. The van der Waals surface area contributed by atoms with Gasteiger partial charge in [0.25, 0.3) is 0 Å². The Labute approximate surface area is 115 Å². The normalized spacial score (nSPS) is 17.0. The summed E-state index contributed by atoms with van der Waals surface area (Å²) in [5, 5.41) is 2.23. The molecule has 0 aliphatic carbocycles. The van der Waals surface area contributed by atoms with Crippen molar-refractivity contribution in [2.75, 3.05) is 7.11 Å². The molecule has 0 N–H and O–H groups in total. The van der Waals surface area contributed by atoms with E-state index in [4.69, 9.17) is 4.84 Å². The molecule has 0 spiro atoms. The number of hydrogen-bond acceptors (Lipinski definition) is 2. The van der Waals surface area contributed by atoms with Crippen LogP contribution < -0.4 is 0 Å². The monoisotopic (exact) mass is 257 g/mol. The molecule has 0 fully saturated rings. The predicted molar refractivity (Wildman–Crippen MR) is 80.5 cm³/mol. The van der Waals surface area contributed by atoms with E-state index in [1.165, 1.54) is 19.3 Å². The van der Waals surface area contributed by atoms with Crippen molar-refractivity contribution in [2.45, 2.75) is 85.7 Å². The van der Waals surface area contributed by atoms with E-state index >= 15 is 0 Å². The fraction of sp³-hybridized carbons (Fsp3) is 1.00. The Morgan fingerprint density at radius 3 is 1.72 bits per heavy atom. The van der Waals surface area contributed by atoms with E-state index in [9.17, 15) is 0 Å². The molecule has 0 aliphatic rings. The van der Waals surface area contributed by atoms with Gasteiger partial charge < -0.3 is 4.84 Å². The summed E-state index contributed by atoms with van der Waals surface area (Å²) in [6, 6.07) is 0. The summed E-state index contributed by atoms with van der Waals surface area (Å²) in [4.78, 5) is 5.80.